The van der Waals surface area contributed by atoms with Crippen LogP contribution in [0.5, 0.6) is 5.75 Å². The maximum Gasteiger partial charge on any atom is 0.255 e. The first-order valence-electron chi connectivity index (χ1n) is 7.67. The van der Waals surface area contributed by atoms with Gasteiger partial charge in [0.2, 0.25) is 0 Å². The number of phenols is 1. The van der Waals surface area contributed by atoms with Crippen LogP contribution < -0.4 is 10.6 Å². The molecule has 0 spiro atoms. The van der Waals surface area contributed by atoms with E-state index < -0.39 is 11.7 Å². The van der Waals surface area contributed by atoms with E-state index in [1.54, 1.807) is 0 Å². The van der Waals surface area contributed by atoms with Gasteiger partial charge in [-0.3, -0.25) is 4.79 Å². The van der Waals surface area contributed by atoms with Crippen LogP contribution in [0.2, 0.25) is 0 Å². The summed E-state index contributed by atoms with van der Waals surface area (Å²) in [5.74, 6) is -1.19. The Bertz CT molecular complexity index is 471. The summed E-state index contributed by atoms with van der Waals surface area (Å²) in [4.78, 5) is 11.9. The number of carbonyl (C=O) groups is 1. The lowest BCUT2D eigenvalue weighted by atomic mass is 10.1. The maximum absolute atomic E-state index is 13.1. The van der Waals surface area contributed by atoms with Crippen LogP contribution in [0.3, 0.4) is 0 Å². The zero-order valence-corrected chi connectivity index (χ0v) is 12.2. The Kier molecular flexibility index (Phi) is 5.99. The minimum Gasteiger partial charge on any atom is -0.507 e. The van der Waals surface area contributed by atoms with Crippen LogP contribution in [-0.4, -0.2) is 30.1 Å². The highest BCUT2D eigenvalue weighted by Crippen LogP contribution is 2.18. The molecule has 4 nitrogen and oxygen atoms in total. The van der Waals surface area contributed by atoms with Gasteiger partial charge in [0.15, 0.2) is 0 Å². The number of hydrogen-bond acceptors (Lipinski definition) is 3. The van der Waals surface area contributed by atoms with Crippen molar-refractivity contribution in [3.05, 3.63) is 29.6 Å². The van der Waals surface area contributed by atoms with Gasteiger partial charge in [-0.05, 0) is 31.0 Å². The summed E-state index contributed by atoms with van der Waals surface area (Å²) in [6.45, 7) is 1.15. The quantitative estimate of drug-likeness (QED) is 0.578. The van der Waals surface area contributed by atoms with E-state index in [0.29, 0.717) is 19.1 Å². The molecular formula is C16H23FN2O2. The van der Waals surface area contributed by atoms with Crippen LogP contribution in [-0.2, 0) is 0 Å². The van der Waals surface area contributed by atoms with E-state index in [1.165, 1.54) is 44.6 Å². The van der Waals surface area contributed by atoms with Crippen LogP contribution in [0.1, 0.15) is 48.9 Å². The Morgan fingerprint density at radius 1 is 1.19 bits per heavy atom. The lowest BCUT2D eigenvalue weighted by molar-refractivity contribution is 0.0950. The van der Waals surface area contributed by atoms with Crippen LogP contribution in [0.4, 0.5) is 4.39 Å². The van der Waals surface area contributed by atoms with Crippen molar-refractivity contribution in [1.29, 1.82) is 0 Å². The Morgan fingerprint density at radius 3 is 2.62 bits per heavy atom. The van der Waals surface area contributed by atoms with Crippen LogP contribution in [0.15, 0.2) is 18.2 Å². The molecule has 1 aliphatic carbocycles. The van der Waals surface area contributed by atoms with Gasteiger partial charge in [0.1, 0.15) is 11.6 Å². The van der Waals surface area contributed by atoms with Crippen molar-refractivity contribution in [2.45, 2.75) is 44.6 Å². The Labute approximate surface area is 124 Å². The van der Waals surface area contributed by atoms with Gasteiger partial charge in [0.05, 0.1) is 5.56 Å². The molecule has 0 unspecified atom stereocenters. The summed E-state index contributed by atoms with van der Waals surface area (Å²) in [7, 11) is 0. The van der Waals surface area contributed by atoms with Crippen molar-refractivity contribution in [3.63, 3.8) is 0 Å². The van der Waals surface area contributed by atoms with E-state index in [2.05, 4.69) is 10.6 Å². The molecule has 3 N–H and O–H groups in total. The molecule has 1 saturated carbocycles. The first kappa shape index (κ1) is 15.8. The van der Waals surface area contributed by atoms with Gasteiger partial charge in [-0.25, -0.2) is 4.39 Å². The van der Waals surface area contributed by atoms with Gasteiger partial charge in [-0.1, -0.05) is 25.7 Å². The van der Waals surface area contributed by atoms with Crippen LogP contribution >= 0.6 is 0 Å². The third-order valence-electron chi connectivity index (χ3n) is 3.90. The predicted molar refractivity (Wildman–Crippen MR) is 79.9 cm³/mol. The largest absolute Gasteiger partial charge is 0.507 e. The van der Waals surface area contributed by atoms with E-state index in [4.69, 9.17) is 0 Å². The molecule has 1 fully saturated rings. The number of amides is 1. The predicted octanol–water partition coefficient (Wildman–Crippen LogP) is 2.57. The number of phenolic OH excluding ortho intramolecular Hbond substituents is 1. The Balaban J connectivity index is 1.72. The van der Waals surface area contributed by atoms with E-state index >= 15 is 0 Å². The summed E-state index contributed by atoms with van der Waals surface area (Å²) in [5, 5.41) is 15.7. The number of rotatable bonds is 5. The average Bonchev–Trinajstić information content (AvgIpc) is 2.74. The van der Waals surface area contributed by atoms with Gasteiger partial charge in [-0.2, -0.15) is 0 Å². The number of hydrogen-bond donors (Lipinski definition) is 3. The standard InChI is InChI=1S/C16H23FN2O2/c17-12-7-8-15(20)14(11-12)16(21)19-10-9-18-13-5-3-1-2-4-6-13/h7-8,11,13,18,20H,1-6,9-10H2,(H,19,21). The smallest absolute Gasteiger partial charge is 0.255 e. The summed E-state index contributed by atoms with van der Waals surface area (Å²) in [6.07, 6.45) is 7.54. The highest BCUT2D eigenvalue weighted by Gasteiger charge is 2.13. The van der Waals surface area contributed by atoms with Gasteiger partial charge >= 0.3 is 0 Å². The monoisotopic (exact) mass is 294 g/mol. The number of halogens is 1. The lowest BCUT2D eigenvalue weighted by Gasteiger charge is -2.16. The summed E-state index contributed by atoms with van der Waals surface area (Å²) in [6, 6.07) is 3.89. The van der Waals surface area contributed by atoms with Gasteiger partial charge in [0, 0.05) is 19.1 Å². The van der Waals surface area contributed by atoms with Crippen molar-refractivity contribution < 1.29 is 14.3 Å². The molecule has 0 heterocycles. The summed E-state index contributed by atoms with van der Waals surface area (Å²) in [5.41, 5.74) is -0.0236. The van der Waals surface area contributed by atoms with E-state index in [9.17, 15) is 14.3 Å². The van der Waals surface area contributed by atoms with Gasteiger partial charge in [0.25, 0.3) is 5.91 Å². The first-order valence-corrected chi connectivity index (χ1v) is 7.67. The molecule has 1 aromatic carbocycles. The van der Waals surface area contributed by atoms with Gasteiger partial charge in [-0.15, -0.1) is 0 Å². The number of carbonyl (C=O) groups excluding carboxylic acids is 1. The van der Waals surface area contributed by atoms with E-state index in [1.807, 2.05) is 0 Å². The van der Waals surface area contributed by atoms with Crippen molar-refractivity contribution in [2.75, 3.05) is 13.1 Å². The van der Waals surface area contributed by atoms with E-state index in [-0.39, 0.29) is 11.3 Å². The fraction of sp³-hybridized carbons (Fsp3) is 0.562. The highest BCUT2D eigenvalue weighted by molar-refractivity contribution is 5.96. The van der Waals surface area contributed by atoms with E-state index in [0.717, 1.165) is 12.1 Å². The SMILES string of the molecule is O=C(NCCNC1CCCCCC1)c1cc(F)ccc1O. The van der Waals surface area contributed by atoms with Crippen molar-refractivity contribution in [3.8, 4) is 5.75 Å². The normalized spacial score (nSPS) is 16.4. The fourth-order valence-electron chi connectivity index (χ4n) is 2.72. The third kappa shape index (κ3) is 5.01. The molecule has 21 heavy (non-hydrogen) atoms. The molecular weight excluding hydrogens is 271 g/mol. The van der Waals surface area contributed by atoms with Gasteiger partial charge < -0.3 is 15.7 Å². The van der Waals surface area contributed by atoms with Crippen molar-refractivity contribution >= 4 is 5.91 Å². The second-order valence-corrected chi connectivity index (χ2v) is 5.56. The minimum atomic E-state index is -0.533. The topological polar surface area (TPSA) is 61.4 Å². The lowest BCUT2D eigenvalue weighted by Crippen LogP contribution is -2.36. The second kappa shape index (κ2) is 7.98. The molecule has 0 aromatic heterocycles. The molecule has 1 aromatic rings. The highest BCUT2D eigenvalue weighted by atomic mass is 19.1. The molecule has 0 saturated heterocycles. The maximum atomic E-state index is 13.1. The van der Waals surface area contributed by atoms with Crippen LogP contribution in [0.25, 0.3) is 0 Å². The van der Waals surface area contributed by atoms with Crippen molar-refractivity contribution in [1.82, 2.24) is 10.6 Å². The molecule has 1 aliphatic rings. The Hall–Kier alpha value is -1.62. The van der Waals surface area contributed by atoms with Crippen molar-refractivity contribution in [2.24, 2.45) is 0 Å². The Morgan fingerprint density at radius 2 is 1.90 bits per heavy atom. The first-order chi connectivity index (χ1) is 10.2. The molecule has 0 bridgehead atoms. The average molecular weight is 294 g/mol. The third-order valence-corrected chi connectivity index (χ3v) is 3.90. The molecule has 0 radical (unpaired) electrons. The second-order valence-electron chi connectivity index (χ2n) is 5.56. The molecule has 116 valence electrons. The molecule has 1 amide bonds. The zero-order chi connectivity index (χ0) is 15.1. The number of nitrogens with one attached hydrogen (secondary N) is 2. The molecule has 0 atom stereocenters. The molecule has 5 heteroatoms. The minimum absolute atomic E-state index is 0.0236. The summed E-state index contributed by atoms with van der Waals surface area (Å²) >= 11 is 0. The fourth-order valence-corrected chi connectivity index (χ4v) is 2.72. The zero-order valence-electron chi connectivity index (χ0n) is 12.2. The van der Waals surface area contributed by atoms with Crippen LogP contribution in [0, 0.1) is 5.82 Å². The number of benzene rings is 1. The summed E-state index contributed by atoms with van der Waals surface area (Å²) < 4.78 is 13.1. The number of aromatic hydroxyl groups is 1. The molecule has 2 rings (SSSR count). The molecule has 0 aliphatic heterocycles.